The number of halogens is 1. The Kier molecular flexibility index (Phi) is 4.35. The Morgan fingerprint density at radius 3 is 2.84 bits per heavy atom. The van der Waals surface area contributed by atoms with Gasteiger partial charge in [-0.15, -0.1) is 0 Å². The largest absolute Gasteiger partial charge is 0.378 e. The molecule has 132 valence electrons. The fourth-order valence-corrected chi connectivity index (χ4v) is 3.55. The van der Waals surface area contributed by atoms with Gasteiger partial charge in [-0.2, -0.15) is 0 Å². The minimum atomic E-state index is -0.213. The molecule has 0 bridgehead atoms. The number of anilines is 1. The first-order valence-electron chi connectivity index (χ1n) is 8.44. The number of aliphatic imine (C=N–C) groups is 1. The fraction of sp³-hybridized carbons (Fsp3) is 0.471. The first-order valence-corrected chi connectivity index (χ1v) is 8.82. The van der Waals surface area contributed by atoms with Crippen molar-refractivity contribution in [2.45, 2.75) is 6.42 Å². The van der Waals surface area contributed by atoms with Crippen molar-refractivity contribution in [1.82, 2.24) is 9.80 Å². The van der Waals surface area contributed by atoms with Crippen LogP contribution in [0.2, 0.25) is 5.02 Å². The molecule has 0 radical (unpaired) electrons. The van der Waals surface area contributed by atoms with E-state index >= 15 is 0 Å². The summed E-state index contributed by atoms with van der Waals surface area (Å²) in [5.41, 5.74) is 1.49. The van der Waals surface area contributed by atoms with E-state index in [4.69, 9.17) is 16.3 Å². The summed E-state index contributed by atoms with van der Waals surface area (Å²) in [6, 6.07) is 5.17. The summed E-state index contributed by atoms with van der Waals surface area (Å²) in [5.74, 6) is 0.595. The van der Waals surface area contributed by atoms with E-state index in [0.717, 1.165) is 12.0 Å². The number of rotatable bonds is 2. The van der Waals surface area contributed by atoms with Crippen LogP contribution in [0.15, 0.2) is 23.2 Å². The Morgan fingerprint density at radius 2 is 2.04 bits per heavy atom. The lowest BCUT2D eigenvalue weighted by Gasteiger charge is -2.40. The third-order valence-electron chi connectivity index (χ3n) is 4.67. The maximum absolute atomic E-state index is 13.0. The summed E-state index contributed by atoms with van der Waals surface area (Å²) in [6.45, 7) is 3.49. The van der Waals surface area contributed by atoms with E-state index in [1.807, 2.05) is 6.07 Å². The molecule has 8 heteroatoms. The van der Waals surface area contributed by atoms with Crippen LogP contribution in [0.1, 0.15) is 12.0 Å². The Labute approximate surface area is 150 Å². The Balaban J connectivity index is 1.67. The van der Waals surface area contributed by atoms with Crippen molar-refractivity contribution in [3.05, 3.63) is 28.8 Å². The molecule has 4 rings (SSSR count). The van der Waals surface area contributed by atoms with Gasteiger partial charge in [-0.3, -0.25) is 19.6 Å². The van der Waals surface area contributed by atoms with Crippen molar-refractivity contribution in [3.63, 3.8) is 0 Å². The van der Waals surface area contributed by atoms with Crippen LogP contribution < -0.4 is 4.90 Å². The highest BCUT2D eigenvalue weighted by atomic mass is 35.5. The summed E-state index contributed by atoms with van der Waals surface area (Å²) >= 11 is 6.15. The average molecular weight is 363 g/mol. The van der Waals surface area contributed by atoms with E-state index in [0.29, 0.717) is 55.9 Å². The van der Waals surface area contributed by atoms with Gasteiger partial charge >= 0.3 is 6.03 Å². The van der Waals surface area contributed by atoms with Gasteiger partial charge in [0.2, 0.25) is 5.91 Å². The van der Waals surface area contributed by atoms with Crippen molar-refractivity contribution in [1.29, 1.82) is 0 Å². The summed E-state index contributed by atoms with van der Waals surface area (Å²) < 4.78 is 5.29. The molecule has 0 unspecified atom stereocenters. The number of hydrogen-bond donors (Lipinski definition) is 0. The van der Waals surface area contributed by atoms with Crippen molar-refractivity contribution in [2.75, 3.05) is 50.8 Å². The van der Waals surface area contributed by atoms with Crippen LogP contribution in [0.25, 0.3) is 0 Å². The number of amidine groups is 1. The SMILES string of the molecule is O=C(CN1C(=O)N2CCCN=C2c2ccc(Cl)cc21)N1CCOCC1. The van der Waals surface area contributed by atoms with Gasteiger partial charge in [-0.25, -0.2) is 4.79 Å². The molecule has 0 aromatic heterocycles. The first kappa shape index (κ1) is 16.4. The van der Waals surface area contributed by atoms with Gasteiger partial charge in [0.05, 0.1) is 18.9 Å². The molecule has 0 aliphatic carbocycles. The quantitative estimate of drug-likeness (QED) is 0.802. The van der Waals surface area contributed by atoms with Crippen LogP contribution >= 0.6 is 11.6 Å². The molecular weight excluding hydrogens is 344 g/mol. The van der Waals surface area contributed by atoms with E-state index in [1.165, 1.54) is 4.90 Å². The second-order valence-electron chi connectivity index (χ2n) is 6.23. The Morgan fingerprint density at radius 1 is 1.24 bits per heavy atom. The number of hydrogen-bond acceptors (Lipinski definition) is 4. The highest BCUT2D eigenvalue weighted by Crippen LogP contribution is 2.33. The molecule has 0 spiro atoms. The van der Waals surface area contributed by atoms with Crippen LogP contribution in [-0.2, 0) is 9.53 Å². The second kappa shape index (κ2) is 6.65. The van der Waals surface area contributed by atoms with Crippen LogP contribution in [0.4, 0.5) is 10.5 Å². The van der Waals surface area contributed by atoms with Crippen LogP contribution in [0, 0.1) is 0 Å². The number of amides is 3. The molecule has 1 saturated heterocycles. The van der Waals surface area contributed by atoms with E-state index < -0.39 is 0 Å². The molecule has 3 aliphatic rings. The molecule has 25 heavy (non-hydrogen) atoms. The van der Waals surface area contributed by atoms with Gasteiger partial charge in [0.1, 0.15) is 12.4 Å². The van der Waals surface area contributed by atoms with Crippen LogP contribution in [0.3, 0.4) is 0 Å². The molecule has 1 aromatic carbocycles. The molecule has 1 fully saturated rings. The van der Waals surface area contributed by atoms with Gasteiger partial charge in [0.15, 0.2) is 0 Å². The van der Waals surface area contributed by atoms with Gasteiger partial charge in [0.25, 0.3) is 0 Å². The first-order chi connectivity index (χ1) is 12.1. The highest BCUT2D eigenvalue weighted by Gasteiger charge is 2.37. The maximum Gasteiger partial charge on any atom is 0.330 e. The minimum Gasteiger partial charge on any atom is -0.378 e. The number of carbonyl (C=O) groups is 2. The van der Waals surface area contributed by atoms with Gasteiger partial charge in [-0.1, -0.05) is 11.6 Å². The number of benzene rings is 1. The van der Waals surface area contributed by atoms with Gasteiger partial charge in [0, 0.05) is 36.8 Å². The third kappa shape index (κ3) is 2.98. The van der Waals surface area contributed by atoms with E-state index in [-0.39, 0.29) is 18.5 Å². The minimum absolute atomic E-state index is 0.00401. The zero-order valence-electron chi connectivity index (χ0n) is 13.8. The topological polar surface area (TPSA) is 65.5 Å². The standard InChI is InChI=1S/C17H19ClN4O3/c18-12-2-3-13-14(10-12)22(11-15(23)20-6-8-25-9-7-20)17(24)21-5-1-4-19-16(13)21/h2-3,10H,1,4-9,11H2. The third-order valence-corrected chi connectivity index (χ3v) is 4.90. The number of ether oxygens (including phenoxy) is 1. The summed E-state index contributed by atoms with van der Waals surface area (Å²) in [7, 11) is 0. The summed E-state index contributed by atoms with van der Waals surface area (Å²) in [5, 5.41) is 0.528. The number of urea groups is 1. The van der Waals surface area contributed by atoms with Crippen molar-refractivity contribution >= 4 is 35.1 Å². The smallest absolute Gasteiger partial charge is 0.330 e. The summed E-state index contributed by atoms with van der Waals surface area (Å²) in [6.07, 6.45) is 0.823. The number of morpholine rings is 1. The van der Waals surface area contributed by atoms with E-state index in [1.54, 1.807) is 21.9 Å². The lowest BCUT2D eigenvalue weighted by molar-refractivity contribution is -0.133. The molecule has 3 amide bonds. The monoisotopic (exact) mass is 362 g/mol. The number of carbonyl (C=O) groups excluding carboxylic acids is 2. The second-order valence-corrected chi connectivity index (χ2v) is 6.67. The van der Waals surface area contributed by atoms with Gasteiger partial charge in [-0.05, 0) is 24.6 Å². The number of nitrogens with zero attached hydrogens (tertiary/aromatic N) is 4. The molecule has 3 heterocycles. The predicted molar refractivity (Wildman–Crippen MR) is 94.3 cm³/mol. The van der Waals surface area contributed by atoms with E-state index in [2.05, 4.69) is 4.99 Å². The fourth-order valence-electron chi connectivity index (χ4n) is 3.39. The molecule has 7 nitrogen and oxygen atoms in total. The van der Waals surface area contributed by atoms with Crippen LogP contribution in [-0.4, -0.2) is 73.5 Å². The zero-order valence-corrected chi connectivity index (χ0v) is 14.5. The zero-order chi connectivity index (χ0) is 17.4. The Hall–Kier alpha value is -2.12. The Bertz CT molecular complexity index is 745. The predicted octanol–water partition coefficient (Wildman–Crippen LogP) is 1.59. The van der Waals surface area contributed by atoms with Gasteiger partial charge < -0.3 is 9.64 Å². The summed E-state index contributed by atoms with van der Waals surface area (Å²) in [4.78, 5) is 35.1. The lowest BCUT2D eigenvalue weighted by Crippen LogP contribution is -2.56. The van der Waals surface area contributed by atoms with Crippen molar-refractivity contribution in [2.24, 2.45) is 4.99 Å². The highest BCUT2D eigenvalue weighted by molar-refractivity contribution is 6.31. The van der Waals surface area contributed by atoms with E-state index in [9.17, 15) is 9.59 Å². The molecular formula is C17H19ClN4O3. The molecule has 3 aliphatic heterocycles. The molecule has 1 aromatic rings. The average Bonchev–Trinajstić information content (AvgIpc) is 2.65. The molecule has 0 N–H and O–H groups in total. The molecule has 0 atom stereocenters. The lowest BCUT2D eigenvalue weighted by atomic mass is 10.1. The normalized spacial score (nSPS) is 20.1. The van der Waals surface area contributed by atoms with Crippen LogP contribution in [0.5, 0.6) is 0 Å². The number of fused-ring (bicyclic) bond motifs is 3. The van der Waals surface area contributed by atoms with Crippen molar-refractivity contribution in [3.8, 4) is 0 Å². The maximum atomic E-state index is 13.0. The van der Waals surface area contributed by atoms with Crippen molar-refractivity contribution < 1.29 is 14.3 Å². The molecule has 0 saturated carbocycles.